The Balaban J connectivity index is 1.22. The molecule has 2 aliphatic heterocycles. The van der Waals surface area contributed by atoms with Crippen LogP contribution in [0, 0.1) is 5.92 Å². The second-order valence-electron chi connectivity index (χ2n) is 8.74. The van der Waals surface area contributed by atoms with Crippen molar-refractivity contribution in [1.29, 1.82) is 0 Å². The zero-order chi connectivity index (χ0) is 21.8. The van der Waals surface area contributed by atoms with Crippen LogP contribution in [-0.2, 0) is 14.4 Å². The fourth-order valence-electron chi connectivity index (χ4n) is 4.94. The number of piperazine rings is 1. The van der Waals surface area contributed by atoms with Crippen LogP contribution < -0.4 is 10.2 Å². The van der Waals surface area contributed by atoms with Gasteiger partial charge in [-0.25, -0.2) is 0 Å². The Morgan fingerprint density at radius 1 is 1.06 bits per heavy atom. The third-order valence-electron chi connectivity index (χ3n) is 6.73. The normalized spacial score (nSPS) is 22.9. The van der Waals surface area contributed by atoms with Crippen molar-refractivity contribution < 1.29 is 14.4 Å². The second-order valence-corrected chi connectivity index (χ2v) is 9.17. The molecule has 4 rings (SSSR count). The molecule has 0 radical (unpaired) electrons. The summed E-state index contributed by atoms with van der Waals surface area (Å²) in [7, 11) is 0. The van der Waals surface area contributed by atoms with Crippen LogP contribution in [0.3, 0.4) is 0 Å². The standard InChI is InChI=1S/C23H31ClN4O3/c24-18-6-3-7-19(16-18)27-14-12-26(13-15-27)11-10-25-22(30)20-8-9-21(29)28(20)23(31)17-4-1-2-5-17/h3,6-7,16-17,20H,1-2,4-5,8-15H2,(H,25,30)/t20-/m0/s1. The quantitative estimate of drug-likeness (QED) is 0.679. The lowest BCUT2D eigenvalue weighted by Gasteiger charge is -2.36. The van der Waals surface area contributed by atoms with E-state index in [0.717, 1.165) is 69.1 Å². The summed E-state index contributed by atoms with van der Waals surface area (Å²) in [5, 5.41) is 3.70. The predicted molar refractivity (Wildman–Crippen MR) is 120 cm³/mol. The first-order valence-electron chi connectivity index (χ1n) is 11.4. The summed E-state index contributed by atoms with van der Waals surface area (Å²) in [4.78, 5) is 43.7. The topological polar surface area (TPSA) is 73.0 Å². The van der Waals surface area contributed by atoms with Gasteiger partial charge in [0.2, 0.25) is 17.7 Å². The number of anilines is 1. The molecule has 1 saturated carbocycles. The van der Waals surface area contributed by atoms with E-state index in [2.05, 4.69) is 21.2 Å². The molecule has 3 fully saturated rings. The maximum atomic E-state index is 12.8. The van der Waals surface area contributed by atoms with Crippen LogP contribution in [0.1, 0.15) is 38.5 Å². The van der Waals surface area contributed by atoms with Crippen LogP contribution in [-0.4, -0.2) is 72.8 Å². The van der Waals surface area contributed by atoms with Crippen molar-refractivity contribution in [1.82, 2.24) is 15.1 Å². The number of carbonyl (C=O) groups excluding carboxylic acids is 3. The molecule has 8 heteroatoms. The van der Waals surface area contributed by atoms with Gasteiger partial charge in [-0.05, 0) is 37.5 Å². The van der Waals surface area contributed by atoms with Crippen molar-refractivity contribution >= 4 is 35.0 Å². The number of imide groups is 1. The van der Waals surface area contributed by atoms with Crippen molar-refractivity contribution in [2.45, 2.75) is 44.6 Å². The van der Waals surface area contributed by atoms with Crippen molar-refractivity contribution in [2.75, 3.05) is 44.2 Å². The van der Waals surface area contributed by atoms with Crippen molar-refractivity contribution in [3.8, 4) is 0 Å². The van der Waals surface area contributed by atoms with Crippen LogP contribution in [0.15, 0.2) is 24.3 Å². The molecule has 3 amide bonds. The largest absolute Gasteiger partial charge is 0.369 e. The van der Waals surface area contributed by atoms with Crippen molar-refractivity contribution in [3.05, 3.63) is 29.3 Å². The van der Waals surface area contributed by atoms with E-state index in [0.29, 0.717) is 13.0 Å². The number of benzene rings is 1. The number of likely N-dealkylation sites (tertiary alicyclic amines) is 1. The molecule has 2 saturated heterocycles. The van der Waals surface area contributed by atoms with Gasteiger partial charge >= 0.3 is 0 Å². The molecule has 1 aromatic carbocycles. The van der Waals surface area contributed by atoms with Crippen molar-refractivity contribution in [3.63, 3.8) is 0 Å². The summed E-state index contributed by atoms with van der Waals surface area (Å²) < 4.78 is 0. The third kappa shape index (κ3) is 5.21. The summed E-state index contributed by atoms with van der Waals surface area (Å²) in [6.45, 7) is 4.93. The van der Waals surface area contributed by atoms with E-state index in [1.807, 2.05) is 18.2 Å². The summed E-state index contributed by atoms with van der Waals surface area (Å²) >= 11 is 6.10. The van der Waals surface area contributed by atoms with E-state index < -0.39 is 6.04 Å². The van der Waals surface area contributed by atoms with E-state index in [1.54, 1.807) is 0 Å². The highest BCUT2D eigenvalue weighted by molar-refractivity contribution is 6.30. The monoisotopic (exact) mass is 446 g/mol. The highest BCUT2D eigenvalue weighted by atomic mass is 35.5. The molecule has 3 aliphatic rings. The molecule has 1 aliphatic carbocycles. The minimum absolute atomic E-state index is 0.0897. The molecule has 0 aromatic heterocycles. The lowest BCUT2D eigenvalue weighted by molar-refractivity contribution is -0.150. The number of amides is 3. The van der Waals surface area contributed by atoms with E-state index in [9.17, 15) is 14.4 Å². The Bertz CT molecular complexity index is 819. The number of hydrogen-bond acceptors (Lipinski definition) is 5. The van der Waals surface area contributed by atoms with Crippen LogP contribution in [0.25, 0.3) is 0 Å². The Morgan fingerprint density at radius 3 is 2.52 bits per heavy atom. The molecule has 0 bridgehead atoms. The number of nitrogens with one attached hydrogen (secondary N) is 1. The number of nitrogens with zero attached hydrogens (tertiary/aromatic N) is 3. The van der Waals surface area contributed by atoms with Gasteiger partial charge in [-0.3, -0.25) is 24.2 Å². The first-order chi connectivity index (χ1) is 15.0. The Hall–Kier alpha value is -2.12. The van der Waals surface area contributed by atoms with Crippen molar-refractivity contribution in [2.24, 2.45) is 5.92 Å². The number of halogens is 1. The van der Waals surface area contributed by atoms with E-state index in [-0.39, 0.29) is 30.1 Å². The second kappa shape index (κ2) is 10.0. The molecule has 7 nitrogen and oxygen atoms in total. The molecule has 0 spiro atoms. The fraction of sp³-hybridized carbons (Fsp3) is 0.609. The summed E-state index contributed by atoms with van der Waals surface area (Å²) in [6.07, 6.45) is 4.43. The van der Waals surface area contributed by atoms with Gasteiger partial charge in [0.05, 0.1) is 0 Å². The molecule has 31 heavy (non-hydrogen) atoms. The molecule has 2 heterocycles. The highest BCUT2D eigenvalue weighted by Gasteiger charge is 2.42. The van der Waals surface area contributed by atoms with Crippen LogP contribution in [0.2, 0.25) is 5.02 Å². The van der Waals surface area contributed by atoms with Crippen LogP contribution in [0.5, 0.6) is 0 Å². The molecular formula is C23H31ClN4O3. The van der Waals surface area contributed by atoms with Crippen LogP contribution in [0.4, 0.5) is 5.69 Å². The third-order valence-corrected chi connectivity index (χ3v) is 6.96. The molecule has 168 valence electrons. The smallest absolute Gasteiger partial charge is 0.243 e. The highest BCUT2D eigenvalue weighted by Crippen LogP contribution is 2.30. The van der Waals surface area contributed by atoms with Gasteiger partial charge in [0.15, 0.2) is 0 Å². The maximum absolute atomic E-state index is 12.8. The SMILES string of the molecule is O=C(NCCN1CCN(c2cccc(Cl)c2)CC1)[C@@H]1CCC(=O)N1C(=O)C1CCCC1. The first-order valence-corrected chi connectivity index (χ1v) is 11.8. The fourth-order valence-corrected chi connectivity index (χ4v) is 5.12. The predicted octanol–water partition coefficient (Wildman–Crippen LogP) is 2.29. The van der Waals surface area contributed by atoms with E-state index in [1.165, 1.54) is 4.90 Å². The minimum Gasteiger partial charge on any atom is -0.369 e. The molecule has 1 N–H and O–H groups in total. The van der Waals surface area contributed by atoms with Gasteiger partial charge in [-0.2, -0.15) is 0 Å². The van der Waals surface area contributed by atoms with Gasteiger partial charge < -0.3 is 10.2 Å². The lowest BCUT2D eigenvalue weighted by Crippen LogP contribution is -2.51. The maximum Gasteiger partial charge on any atom is 0.243 e. The Morgan fingerprint density at radius 2 is 1.81 bits per heavy atom. The molecule has 1 atom stereocenters. The number of carbonyl (C=O) groups is 3. The van der Waals surface area contributed by atoms with Gasteiger partial charge in [0, 0.05) is 62.3 Å². The Kier molecular flexibility index (Phi) is 7.13. The van der Waals surface area contributed by atoms with Crippen LogP contribution >= 0.6 is 11.6 Å². The molecule has 0 unspecified atom stereocenters. The van der Waals surface area contributed by atoms with Gasteiger partial charge in [0.25, 0.3) is 0 Å². The van der Waals surface area contributed by atoms with Gasteiger partial charge in [-0.15, -0.1) is 0 Å². The molecular weight excluding hydrogens is 416 g/mol. The number of hydrogen-bond donors (Lipinski definition) is 1. The minimum atomic E-state index is -0.639. The van der Waals surface area contributed by atoms with Gasteiger partial charge in [0.1, 0.15) is 6.04 Å². The summed E-state index contributed by atoms with van der Waals surface area (Å²) in [5.74, 6) is -0.630. The van der Waals surface area contributed by atoms with Gasteiger partial charge in [-0.1, -0.05) is 30.5 Å². The first kappa shape index (κ1) is 22.1. The zero-order valence-electron chi connectivity index (χ0n) is 17.9. The van der Waals surface area contributed by atoms with E-state index in [4.69, 9.17) is 11.6 Å². The Labute approximate surface area is 188 Å². The molecule has 1 aromatic rings. The number of rotatable bonds is 6. The average molecular weight is 447 g/mol. The average Bonchev–Trinajstić information content (AvgIpc) is 3.44. The zero-order valence-corrected chi connectivity index (χ0v) is 18.6. The summed E-state index contributed by atoms with van der Waals surface area (Å²) in [5.41, 5.74) is 1.14. The lowest BCUT2D eigenvalue weighted by atomic mass is 10.1. The summed E-state index contributed by atoms with van der Waals surface area (Å²) in [6, 6.07) is 7.26. The van der Waals surface area contributed by atoms with E-state index >= 15 is 0 Å².